The number of nitrogens with zero attached hydrogens (tertiary/aromatic N) is 1. The molecule has 0 spiro atoms. The van der Waals surface area contributed by atoms with Gasteiger partial charge < -0.3 is 20.1 Å². The van der Waals surface area contributed by atoms with Gasteiger partial charge in [-0.25, -0.2) is 9.29 Å². The van der Waals surface area contributed by atoms with Crippen LogP contribution >= 0.6 is 0 Å². The summed E-state index contributed by atoms with van der Waals surface area (Å²) in [6.07, 6.45) is 2.29. The second-order valence-electron chi connectivity index (χ2n) is 10.2. The van der Waals surface area contributed by atoms with Gasteiger partial charge in [0.05, 0.1) is 6.67 Å². The Kier molecular flexibility index (Phi) is 7.52. The zero-order chi connectivity index (χ0) is 26.9. The number of alkyl halides is 1. The summed E-state index contributed by atoms with van der Waals surface area (Å²) in [6.45, 7) is 1.74. The molecule has 1 unspecified atom stereocenters. The quantitative estimate of drug-likeness (QED) is 0.354. The maximum Gasteiger partial charge on any atom is 0.227 e. The van der Waals surface area contributed by atoms with Gasteiger partial charge in [-0.15, -0.1) is 0 Å². The van der Waals surface area contributed by atoms with Crippen molar-refractivity contribution in [3.05, 3.63) is 94.3 Å². The first kappa shape index (κ1) is 26.4. The predicted octanol–water partition coefficient (Wildman–Crippen LogP) is 5.59. The van der Waals surface area contributed by atoms with Crippen LogP contribution in [-0.4, -0.2) is 52.0 Å². The highest BCUT2D eigenvalue weighted by atomic mass is 19.1. The van der Waals surface area contributed by atoms with E-state index in [2.05, 4.69) is 0 Å². The van der Waals surface area contributed by atoms with Crippen molar-refractivity contribution < 1.29 is 28.8 Å². The van der Waals surface area contributed by atoms with Crippen molar-refractivity contribution in [2.24, 2.45) is 0 Å². The Hall–Kier alpha value is -3.26. The molecule has 1 saturated heterocycles. The van der Waals surface area contributed by atoms with E-state index in [4.69, 9.17) is 4.74 Å². The summed E-state index contributed by atoms with van der Waals surface area (Å²) in [5, 5.41) is 30.3. The molecule has 0 radical (unpaired) electrons. The van der Waals surface area contributed by atoms with E-state index in [0.29, 0.717) is 30.7 Å². The minimum atomic E-state index is -2.17. The van der Waals surface area contributed by atoms with Crippen LogP contribution in [0, 0.1) is 12.7 Å². The molecule has 38 heavy (non-hydrogen) atoms. The molecule has 7 heteroatoms. The summed E-state index contributed by atoms with van der Waals surface area (Å²) in [4.78, 5) is 1.43. The number of allylic oxidation sites excluding steroid dienone is 1. The molecular formula is C31H33F2NO4. The lowest BCUT2D eigenvalue weighted by Gasteiger charge is -2.30. The monoisotopic (exact) mass is 521 g/mol. The van der Waals surface area contributed by atoms with Crippen molar-refractivity contribution >= 4 is 11.1 Å². The van der Waals surface area contributed by atoms with Gasteiger partial charge >= 0.3 is 0 Å². The van der Waals surface area contributed by atoms with Crippen LogP contribution in [0.1, 0.15) is 53.5 Å². The largest absolute Gasteiger partial charge is 0.508 e. The Balaban J connectivity index is 1.47. The van der Waals surface area contributed by atoms with Gasteiger partial charge in [-0.05, 0) is 96.3 Å². The Bertz CT molecular complexity index is 1340. The summed E-state index contributed by atoms with van der Waals surface area (Å²) < 4.78 is 34.0. The van der Waals surface area contributed by atoms with E-state index in [1.165, 1.54) is 4.90 Å². The Morgan fingerprint density at radius 2 is 1.76 bits per heavy atom. The van der Waals surface area contributed by atoms with Crippen LogP contribution in [0.5, 0.6) is 11.5 Å². The first-order chi connectivity index (χ1) is 18.2. The summed E-state index contributed by atoms with van der Waals surface area (Å²) >= 11 is 0. The molecule has 5 nitrogen and oxygen atoms in total. The van der Waals surface area contributed by atoms with Crippen molar-refractivity contribution in [3.63, 3.8) is 0 Å². The fourth-order valence-electron chi connectivity index (χ4n) is 5.57. The van der Waals surface area contributed by atoms with Crippen molar-refractivity contribution in [1.82, 2.24) is 4.90 Å². The van der Waals surface area contributed by atoms with E-state index in [9.17, 15) is 19.7 Å². The minimum Gasteiger partial charge on any atom is -0.508 e. The molecule has 3 aromatic rings. The number of aromatic hydroxyl groups is 1. The van der Waals surface area contributed by atoms with E-state index in [1.54, 1.807) is 18.2 Å². The van der Waals surface area contributed by atoms with Gasteiger partial charge in [0.15, 0.2) is 0 Å². The Morgan fingerprint density at radius 3 is 2.50 bits per heavy atom. The number of phenols is 1. The first-order valence-electron chi connectivity index (χ1n) is 13.1. The highest BCUT2D eigenvalue weighted by Crippen LogP contribution is 2.42. The average molecular weight is 522 g/mol. The van der Waals surface area contributed by atoms with Crippen LogP contribution in [0.2, 0.25) is 0 Å². The molecule has 0 amide bonds. The van der Waals surface area contributed by atoms with E-state index >= 15 is 4.39 Å². The van der Waals surface area contributed by atoms with Crippen LogP contribution in [0.3, 0.4) is 0 Å². The Labute approximate surface area is 221 Å². The van der Waals surface area contributed by atoms with Gasteiger partial charge in [0.1, 0.15) is 23.4 Å². The van der Waals surface area contributed by atoms with Gasteiger partial charge in [0.25, 0.3) is 0 Å². The number of benzene rings is 3. The number of hydrogen-bond donors (Lipinski definition) is 3. The fourth-order valence-corrected chi connectivity index (χ4v) is 5.57. The van der Waals surface area contributed by atoms with Gasteiger partial charge in [0, 0.05) is 25.1 Å². The number of hydrogen-bond acceptors (Lipinski definition) is 5. The smallest absolute Gasteiger partial charge is 0.227 e. The van der Waals surface area contributed by atoms with Gasteiger partial charge in [0.2, 0.25) is 5.91 Å². The molecule has 1 heterocycles. The van der Waals surface area contributed by atoms with Crippen LogP contribution in [0.4, 0.5) is 8.78 Å². The molecule has 200 valence electrons. The summed E-state index contributed by atoms with van der Waals surface area (Å²) in [5.74, 6) is -1.58. The number of fused-ring (bicyclic) bond motifs is 1. The SMILES string of the molecule is Cc1ccc(C2=C(c3ccc(OC4CCN(C(O)(O)CCF)C4)cc3)c3ccc(O)cc3CCC2)c(F)c1. The molecule has 0 aromatic heterocycles. The third-order valence-corrected chi connectivity index (χ3v) is 7.51. The second-order valence-corrected chi connectivity index (χ2v) is 10.2. The lowest BCUT2D eigenvalue weighted by Crippen LogP contribution is -2.48. The molecule has 1 atom stereocenters. The van der Waals surface area contributed by atoms with Crippen molar-refractivity contribution in [1.29, 1.82) is 0 Å². The number of rotatable bonds is 7. The molecule has 3 N–H and O–H groups in total. The summed E-state index contributed by atoms with van der Waals surface area (Å²) in [7, 11) is 0. The molecular weight excluding hydrogens is 488 g/mol. The van der Waals surface area contributed by atoms with Crippen LogP contribution in [0.15, 0.2) is 60.7 Å². The molecule has 3 aromatic carbocycles. The van der Waals surface area contributed by atoms with Crippen molar-refractivity contribution in [2.75, 3.05) is 19.8 Å². The number of phenolic OH excluding ortho intramolecular Hbond substituents is 1. The standard InChI is InChI=1S/C31H33F2NO4/c1-20-5-11-27(29(33)17-20)28-4-2-3-22-18-23(35)8-12-26(22)30(28)21-6-9-24(10-7-21)38-25-13-16-34(19-25)31(36,37)14-15-32/h5-12,17-18,25,35-37H,2-4,13-16,19H2,1H3. The number of likely N-dealkylation sites (tertiary alicyclic amines) is 1. The normalized spacial score (nSPS) is 18.4. The van der Waals surface area contributed by atoms with Crippen LogP contribution < -0.4 is 4.74 Å². The van der Waals surface area contributed by atoms with E-state index in [0.717, 1.165) is 46.2 Å². The molecule has 1 fully saturated rings. The van der Waals surface area contributed by atoms with E-state index in [-0.39, 0.29) is 30.6 Å². The molecule has 5 rings (SSSR count). The van der Waals surface area contributed by atoms with E-state index in [1.807, 2.05) is 49.4 Å². The van der Waals surface area contributed by atoms with Gasteiger partial charge in [-0.3, -0.25) is 4.39 Å². The zero-order valence-corrected chi connectivity index (χ0v) is 21.5. The lowest BCUT2D eigenvalue weighted by molar-refractivity contribution is -0.263. The molecule has 0 saturated carbocycles. The zero-order valence-electron chi connectivity index (χ0n) is 21.5. The third kappa shape index (κ3) is 5.46. The molecule has 0 bridgehead atoms. The number of aliphatic hydroxyl groups is 2. The van der Waals surface area contributed by atoms with Crippen LogP contribution in [-0.2, 0) is 6.42 Å². The first-order valence-corrected chi connectivity index (χ1v) is 13.1. The highest BCUT2D eigenvalue weighted by Gasteiger charge is 2.38. The lowest BCUT2D eigenvalue weighted by atomic mass is 9.87. The summed E-state index contributed by atoms with van der Waals surface area (Å²) in [6, 6.07) is 18.3. The molecule has 1 aliphatic carbocycles. The highest BCUT2D eigenvalue weighted by molar-refractivity contribution is 6.00. The van der Waals surface area contributed by atoms with Crippen molar-refractivity contribution in [2.45, 2.75) is 51.0 Å². The molecule has 1 aliphatic heterocycles. The number of aryl methyl sites for hydroxylation is 2. The topological polar surface area (TPSA) is 73.2 Å². The Morgan fingerprint density at radius 1 is 1.00 bits per heavy atom. The maximum atomic E-state index is 15.2. The van der Waals surface area contributed by atoms with Crippen LogP contribution in [0.25, 0.3) is 11.1 Å². The third-order valence-electron chi connectivity index (χ3n) is 7.51. The summed E-state index contributed by atoms with van der Waals surface area (Å²) in [5.41, 5.74) is 6.25. The molecule has 2 aliphatic rings. The minimum absolute atomic E-state index is 0.212. The number of halogens is 2. The fraction of sp³-hybridized carbons (Fsp3) is 0.355. The van der Waals surface area contributed by atoms with Gasteiger partial charge in [-0.1, -0.05) is 30.3 Å². The second kappa shape index (κ2) is 10.8. The predicted molar refractivity (Wildman–Crippen MR) is 143 cm³/mol. The van der Waals surface area contributed by atoms with E-state index < -0.39 is 12.6 Å². The van der Waals surface area contributed by atoms with Gasteiger partial charge in [-0.2, -0.15) is 0 Å². The number of ether oxygens (including phenoxy) is 1. The average Bonchev–Trinajstić information content (AvgIpc) is 3.27. The maximum absolute atomic E-state index is 15.2. The van der Waals surface area contributed by atoms with Crippen molar-refractivity contribution in [3.8, 4) is 11.5 Å².